The highest BCUT2D eigenvalue weighted by atomic mass is 32.2. The van der Waals surface area contributed by atoms with Gasteiger partial charge in [-0.2, -0.15) is 4.31 Å². The number of carbonyl (C=O) groups is 1. The van der Waals surface area contributed by atoms with E-state index >= 15 is 0 Å². The molecule has 2 saturated heterocycles. The van der Waals surface area contributed by atoms with Crippen molar-refractivity contribution in [3.63, 3.8) is 0 Å². The minimum atomic E-state index is -3.23. The predicted molar refractivity (Wildman–Crippen MR) is 86.7 cm³/mol. The summed E-state index contributed by atoms with van der Waals surface area (Å²) in [7, 11) is -1.61. The highest BCUT2D eigenvalue weighted by molar-refractivity contribution is 7.89. The Hall–Kier alpha value is -1.60. The van der Waals surface area contributed by atoms with Crippen LogP contribution in [0.3, 0.4) is 0 Å². The van der Waals surface area contributed by atoms with Gasteiger partial charge in [0.1, 0.15) is 5.75 Å². The van der Waals surface area contributed by atoms with Gasteiger partial charge in [-0.15, -0.1) is 0 Å². The highest BCUT2D eigenvalue weighted by Crippen LogP contribution is 2.33. The van der Waals surface area contributed by atoms with E-state index in [1.807, 2.05) is 29.2 Å². The van der Waals surface area contributed by atoms with Crippen LogP contribution in [0.25, 0.3) is 0 Å². The van der Waals surface area contributed by atoms with Gasteiger partial charge in [0, 0.05) is 13.1 Å². The highest BCUT2D eigenvalue weighted by Gasteiger charge is 2.35. The first kappa shape index (κ1) is 16.3. The molecule has 23 heavy (non-hydrogen) atoms. The summed E-state index contributed by atoms with van der Waals surface area (Å²) in [6, 6.07) is 7.75. The van der Waals surface area contributed by atoms with Crippen LogP contribution in [0.2, 0.25) is 0 Å². The van der Waals surface area contributed by atoms with Crippen molar-refractivity contribution in [2.75, 3.05) is 32.5 Å². The molecule has 0 radical (unpaired) electrons. The fourth-order valence-corrected chi connectivity index (χ4v) is 4.81. The van der Waals surface area contributed by atoms with Crippen molar-refractivity contribution in [1.29, 1.82) is 0 Å². The molecule has 1 aromatic carbocycles. The molecule has 126 valence electrons. The van der Waals surface area contributed by atoms with E-state index in [9.17, 15) is 13.2 Å². The van der Waals surface area contributed by atoms with Crippen LogP contribution in [0.15, 0.2) is 24.3 Å². The smallest absolute Gasteiger partial charge is 0.238 e. The average Bonchev–Trinajstić information content (AvgIpc) is 3.14. The van der Waals surface area contributed by atoms with Crippen molar-refractivity contribution in [1.82, 2.24) is 9.21 Å². The van der Waals surface area contributed by atoms with Crippen molar-refractivity contribution >= 4 is 15.9 Å². The van der Waals surface area contributed by atoms with E-state index in [-0.39, 0.29) is 24.2 Å². The molecule has 0 unspecified atom stereocenters. The van der Waals surface area contributed by atoms with Crippen LogP contribution in [0, 0.1) is 0 Å². The number of methoxy groups -OCH3 is 1. The van der Waals surface area contributed by atoms with E-state index in [4.69, 9.17) is 4.74 Å². The Morgan fingerprint density at radius 2 is 1.96 bits per heavy atom. The molecule has 0 spiro atoms. The topological polar surface area (TPSA) is 66.9 Å². The lowest BCUT2D eigenvalue weighted by Gasteiger charge is -2.27. The van der Waals surface area contributed by atoms with Crippen LogP contribution in [0.5, 0.6) is 5.75 Å². The van der Waals surface area contributed by atoms with Crippen molar-refractivity contribution in [2.45, 2.75) is 25.3 Å². The molecule has 2 aliphatic rings. The number of likely N-dealkylation sites (tertiary alicyclic amines) is 1. The minimum absolute atomic E-state index is 0.0266. The second-order valence-corrected chi connectivity index (χ2v) is 8.11. The zero-order valence-corrected chi connectivity index (χ0v) is 14.1. The zero-order chi connectivity index (χ0) is 16.4. The Morgan fingerprint density at radius 1 is 1.22 bits per heavy atom. The summed E-state index contributed by atoms with van der Waals surface area (Å²) < 4.78 is 30.2. The molecule has 0 bridgehead atoms. The molecule has 2 fully saturated rings. The Balaban J connectivity index is 1.71. The number of ether oxygens (including phenoxy) is 1. The van der Waals surface area contributed by atoms with Crippen LogP contribution in [0.4, 0.5) is 0 Å². The summed E-state index contributed by atoms with van der Waals surface area (Å²) in [4.78, 5) is 14.4. The Bertz CT molecular complexity index is 672. The van der Waals surface area contributed by atoms with Crippen molar-refractivity contribution in [3.8, 4) is 5.75 Å². The summed E-state index contributed by atoms with van der Waals surface area (Å²) in [5.41, 5.74) is 1.07. The molecule has 0 N–H and O–H groups in total. The number of amides is 1. The predicted octanol–water partition coefficient (Wildman–Crippen LogP) is 1.39. The van der Waals surface area contributed by atoms with Gasteiger partial charge in [-0.3, -0.25) is 4.79 Å². The lowest BCUT2D eigenvalue weighted by Crippen LogP contribution is -2.40. The zero-order valence-electron chi connectivity index (χ0n) is 13.3. The molecule has 3 rings (SSSR count). The largest absolute Gasteiger partial charge is 0.497 e. The second kappa shape index (κ2) is 6.49. The Labute approximate surface area is 137 Å². The third-order valence-electron chi connectivity index (χ3n) is 4.59. The molecule has 0 saturated carbocycles. The molecule has 1 aromatic rings. The van der Waals surface area contributed by atoms with E-state index in [0.29, 0.717) is 19.5 Å². The van der Waals surface area contributed by atoms with Crippen LogP contribution in [-0.4, -0.2) is 56.0 Å². The van der Waals surface area contributed by atoms with Gasteiger partial charge in [0.25, 0.3) is 0 Å². The van der Waals surface area contributed by atoms with Gasteiger partial charge in [-0.05, 0) is 37.0 Å². The van der Waals surface area contributed by atoms with Gasteiger partial charge in [-0.25, -0.2) is 8.42 Å². The summed E-state index contributed by atoms with van der Waals surface area (Å²) in [5, 5.41) is 0. The Kier molecular flexibility index (Phi) is 4.59. The average molecular weight is 338 g/mol. The summed E-state index contributed by atoms with van der Waals surface area (Å²) in [6.45, 7) is 1.10. The van der Waals surface area contributed by atoms with E-state index in [1.54, 1.807) is 7.11 Å². The van der Waals surface area contributed by atoms with Gasteiger partial charge in [0.05, 0.1) is 25.4 Å². The SMILES string of the molecule is COc1ccc([C@@H]2CCCN2C(=O)CN2CCCS2(=O)=O)cc1. The number of benzene rings is 1. The first-order valence-electron chi connectivity index (χ1n) is 7.92. The first-order chi connectivity index (χ1) is 11.0. The lowest BCUT2D eigenvalue weighted by molar-refractivity contribution is -0.132. The molecular weight excluding hydrogens is 316 g/mol. The van der Waals surface area contributed by atoms with Crippen LogP contribution in [-0.2, 0) is 14.8 Å². The molecule has 0 aliphatic carbocycles. The van der Waals surface area contributed by atoms with Crippen LogP contribution >= 0.6 is 0 Å². The molecule has 1 atom stereocenters. The number of hydrogen-bond acceptors (Lipinski definition) is 4. The minimum Gasteiger partial charge on any atom is -0.497 e. The quantitative estimate of drug-likeness (QED) is 0.832. The summed E-state index contributed by atoms with van der Waals surface area (Å²) in [6.07, 6.45) is 2.46. The number of rotatable bonds is 4. The molecular formula is C16H22N2O4S. The second-order valence-electron chi connectivity index (χ2n) is 6.02. The van der Waals surface area contributed by atoms with Gasteiger partial charge < -0.3 is 9.64 Å². The fraction of sp³-hybridized carbons (Fsp3) is 0.562. The number of nitrogens with zero attached hydrogens (tertiary/aromatic N) is 2. The van der Waals surface area contributed by atoms with Crippen molar-refractivity contribution in [2.24, 2.45) is 0 Å². The summed E-state index contributed by atoms with van der Waals surface area (Å²) >= 11 is 0. The maximum Gasteiger partial charge on any atom is 0.238 e. The fourth-order valence-electron chi connectivity index (χ4n) is 3.35. The first-order valence-corrected chi connectivity index (χ1v) is 9.53. The van der Waals surface area contributed by atoms with Gasteiger partial charge in [0.2, 0.25) is 15.9 Å². The lowest BCUT2D eigenvalue weighted by atomic mass is 10.0. The third kappa shape index (κ3) is 3.35. The third-order valence-corrected chi connectivity index (χ3v) is 6.49. The van der Waals surface area contributed by atoms with Gasteiger partial charge in [0.15, 0.2) is 0 Å². The molecule has 2 heterocycles. The molecule has 1 amide bonds. The van der Waals surface area contributed by atoms with E-state index in [1.165, 1.54) is 4.31 Å². The van der Waals surface area contributed by atoms with Crippen LogP contribution < -0.4 is 4.74 Å². The summed E-state index contributed by atoms with van der Waals surface area (Å²) in [5.74, 6) is 0.837. The number of sulfonamides is 1. The Morgan fingerprint density at radius 3 is 2.57 bits per heavy atom. The van der Waals surface area contributed by atoms with E-state index in [2.05, 4.69) is 0 Å². The van der Waals surface area contributed by atoms with E-state index in [0.717, 1.165) is 24.2 Å². The van der Waals surface area contributed by atoms with Gasteiger partial charge >= 0.3 is 0 Å². The molecule has 6 nitrogen and oxygen atoms in total. The molecule has 7 heteroatoms. The maximum absolute atomic E-state index is 12.6. The monoisotopic (exact) mass is 338 g/mol. The molecule has 2 aliphatic heterocycles. The number of hydrogen-bond donors (Lipinski definition) is 0. The number of carbonyl (C=O) groups excluding carboxylic acids is 1. The van der Waals surface area contributed by atoms with Gasteiger partial charge in [-0.1, -0.05) is 12.1 Å². The van der Waals surface area contributed by atoms with E-state index < -0.39 is 10.0 Å². The van der Waals surface area contributed by atoms with Crippen molar-refractivity contribution < 1.29 is 17.9 Å². The normalized spacial score (nSPS) is 24.0. The van der Waals surface area contributed by atoms with Crippen LogP contribution in [0.1, 0.15) is 30.9 Å². The van der Waals surface area contributed by atoms with Crippen molar-refractivity contribution in [3.05, 3.63) is 29.8 Å². The maximum atomic E-state index is 12.6. The molecule has 0 aromatic heterocycles. The standard InChI is InChI=1S/C16H22N2O4S/c1-22-14-7-5-13(6-8-14)15-4-2-10-18(15)16(19)12-17-9-3-11-23(17,20)21/h5-8,15H,2-4,9-12H2,1H3/t15-/m0/s1.